The van der Waals surface area contributed by atoms with Gasteiger partial charge in [-0.25, -0.2) is 4.79 Å². The Morgan fingerprint density at radius 2 is 1.19 bits per heavy atom. The SMILES string of the molecule is CC(C)C[C@H](NC(=O)[C@H](CO)NC(=O)[C@H](CC(C)C)NC(=O)[C@H](CO)NC(=O)[C@@H]1CCCN1C(=O)[C@H](CC(N)=O)NC(=O)[C@@H](NC(=O)[C@H](Cc1ccc(O)cc1)NC(=O)[C@@H](N)Cc1c[nH]c2ccccc12)[C@@H](C)O)C(=O)O. The Kier molecular flexibility index (Phi) is 23.3. The summed E-state index contributed by atoms with van der Waals surface area (Å²) in [6, 6.07) is -0.505. The summed E-state index contributed by atoms with van der Waals surface area (Å²) in [5.41, 5.74) is 13.9. The molecule has 4 rings (SSSR count). The number of aromatic nitrogens is 1. The number of carboxylic acid groups (broad SMARTS) is 1. The van der Waals surface area contributed by atoms with E-state index in [-0.39, 0.29) is 62.7 Å². The van der Waals surface area contributed by atoms with E-state index < -0.39 is 139 Å². The Morgan fingerprint density at radius 3 is 1.78 bits per heavy atom. The molecule has 10 atom stereocenters. The van der Waals surface area contributed by atoms with E-state index in [0.29, 0.717) is 5.56 Å². The van der Waals surface area contributed by atoms with E-state index in [9.17, 15) is 73.5 Å². The number of benzene rings is 2. The number of hydrogen-bond acceptors (Lipinski definition) is 15. The zero-order chi connectivity index (χ0) is 57.3. The van der Waals surface area contributed by atoms with Crippen LogP contribution in [0.5, 0.6) is 5.75 Å². The average Bonchev–Trinajstić information content (AvgIpc) is 4.03. The fourth-order valence-corrected chi connectivity index (χ4v) is 8.68. The lowest BCUT2D eigenvalue weighted by molar-refractivity contribution is -0.144. The van der Waals surface area contributed by atoms with Gasteiger partial charge in [0.1, 0.15) is 54.1 Å². The number of aliphatic hydroxyl groups excluding tert-OH is 3. The number of phenols is 1. The molecule has 9 amide bonds. The number of fused-ring (bicyclic) bond motifs is 1. The molecule has 0 saturated carbocycles. The third-order valence-electron chi connectivity index (χ3n) is 12.7. The number of rotatable bonds is 29. The number of nitrogens with two attached hydrogens (primary N) is 2. The van der Waals surface area contributed by atoms with Crippen LogP contribution in [0.2, 0.25) is 0 Å². The zero-order valence-electron chi connectivity index (χ0n) is 43.6. The van der Waals surface area contributed by atoms with Gasteiger partial charge < -0.3 is 84.1 Å². The van der Waals surface area contributed by atoms with Crippen LogP contribution in [0.25, 0.3) is 10.9 Å². The van der Waals surface area contributed by atoms with Gasteiger partial charge in [-0.1, -0.05) is 58.0 Å². The summed E-state index contributed by atoms with van der Waals surface area (Å²) in [5.74, 6) is -10.7. The molecule has 1 aliphatic rings. The van der Waals surface area contributed by atoms with Crippen LogP contribution in [0.15, 0.2) is 54.7 Å². The fourth-order valence-electron chi connectivity index (χ4n) is 8.68. The van der Waals surface area contributed by atoms with Gasteiger partial charge in [-0.15, -0.1) is 0 Å². The first-order chi connectivity index (χ1) is 36.3. The molecule has 17 N–H and O–H groups in total. The van der Waals surface area contributed by atoms with Crippen molar-refractivity contribution in [1.82, 2.24) is 47.1 Å². The summed E-state index contributed by atoms with van der Waals surface area (Å²) in [6.45, 7) is 6.01. The second kappa shape index (κ2) is 29.0. The minimum absolute atomic E-state index is 0.00338. The number of primary amides is 1. The molecular formula is C51H73N11O15. The van der Waals surface area contributed by atoms with Gasteiger partial charge in [0, 0.05) is 30.1 Å². The number of carbonyl (C=O) groups is 10. The number of aromatic hydroxyl groups is 1. The number of hydrogen-bond donors (Lipinski definition) is 15. The second-order valence-corrected chi connectivity index (χ2v) is 20.0. The Bertz CT molecular complexity index is 2570. The minimum atomic E-state index is -1.82. The third kappa shape index (κ3) is 18.2. The molecule has 3 aromatic rings. The topological polar surface area (TPSA) is 427 Å². The van der Waals surface area contributed by atoms with Crippen LogP contribution in [0.1, 0.15) is 77.8 Å². The molecule has 1 aliphatic heterocycles. The summed E-state index contributed by atoms with van der Waals surface area (Å²) >= 11 is 0. The van der Waals surface area contributed by atoms with Crippen molar-refractivity contribution >= 4 is 70.0 Å². The maximum absolute atomic E-state index is 14.2. The molecule has 0 aliphatic carbocycles. The number of H-pyrrole nitrogens is 1. The van der Waals surface area contributed by atoms with E-state index in [1.54, 1.807) is 33.9 Å². The normalized spacial score (nSPS) is 16.9. The number of aliphatic carboxylic acids is 1. The first-order valence-electron chi connectivity index (χ1n) is 25.3. The number of aliphatic hydroxyl groups is 3. The molecule has 0 bridgehead atoms. The van der Waals surface area contributed by atoms with Crippen molar-refractivity contribution in [3.8, 4) is 5.75 Å². The number of nitrogens with zero attached hydrogens (tertiary/aromatic N) is 1. The highest BCUT2D eigenvalue weighted by Gasteiger charge is 2.41. The maximum atomic E-state index is 14.2. The number of para-hydroxylation sites is 1. The van der Waals surface area contributed by atoms with Crippen molar-refractivity contribution in [3.05, 3.63) is 65.9 Å². The van der Waals surface area contributed by atoms with Crippen molar-refractivity contribution in [2.75, 3.05) is 19.8 Å². The van der Waals surface area contributed by atoms with E-state index in [0.717, 1.165) is 28.3 Å². The van der Waals surface area contributed by atoms with Crippen LogP contribution < -0.4 is 48.7 Å². The lowest BCUT2D eigenvalue weighted by Crippen LogP contribution is -2.62. The average molecular weight is 1080 g/mol. The van der Waals surface area contributed by atoms with Crippen LogP contribution in [0.4, 0.5) is 0 Å². The highest BCUT2D eigenvalue weighted by Crippen LogP contribution is 2.22. The summed E-state index contributed by atoms with van der Waals surface area (Å²) in [4.78, 5) is 138. The van der Waals surface area contributed by atoms with E-state index in [1.807, 2.05) is 24.3 Å². The van der Waals surface area contributed by atoms with Crippen molar-refractivity contribution < 1.29 is 73.5 Å². The fraction of sp³-hybridized carbons (Fsp3) is 0.529. The van der Waals surface area contributed by atoms with Gasteiger partial charge in [-0.05, 0) is 80.2 Å². The van der Waals surface area contributed by atoms with Crippen LogP contribution in [-0.2, 0) is 60.8 Å². The van der Waals surface area contributed by atoms with Crippen molar-refractivity contribution in [2.24, 2.45) is 23.3 Å². The number of carboxylic acids is 1. The van der Waals surface area contributed by atoms with E-state index in [2.05, 4.69) is 42.2 Å². The van der Waals surface area contributed by atoms with Crippen LogP contribution in [0.3, 0.4) is 0 Å². The number of amides is 9. The van der Waals surface area contributed by atoms with Crippen molar-refractivity contribution in [2.45, 2.75) is 140 Å². The summed E-state index contributed by atoms with van der Waals surface area (Å²) < 4.78 is 0. The lowest BCUT2D eigenvalue weighted by Gasteiger charge is -2.31. The molecule has 1 saturated heterocycles. The molecule has 1 aromatic heterocycles. The van der Waals surface area contributed by atoms with Gasteiger partial charge in [-0.3, -0.25) is 43.2 Å². The van der Waals surface area contributed by atoms with E-state index in [1.165, 1.54) is 24.3 Å². The van der Waals surface area contributed by atoms with Gasteiger partial charge in [-0.2, -0.15) is 0 Å². The summed E-state index contributed by atoms with van der Waals surface area (Å²) in [6.07, 6.45) is -0.635. The smallest absolute Gasteiger partial charge is 0.326 e. The summed E-state index contributed by atoms with van der Waals surface area (Å²) in [5, 5.41) is 68.1. The third-order valence-corrected chi connectivity index (χ3v) is 12.7. The Morgan fingerprint density at radius 1 is 0.662 bits per heavy atom. The van der Waals surface area contributed by atoms with E-state index in [4.69, 9.17) is 11.5 Å². The molecule has 0 spiro atoms. The molecule has 2 aromatic carbocycles. The van der Waals surface area contributed by atoms with E-state index >= 15 is 0 Å². The van der Waals surface area contributed by atoms with Crippen molar-refractivity contribution in [1.29, 1.82) is 0 Å². The zero-order valence-corrected chi connectivity index (χ0v) is 43.6. The van der Waals surface area contributed by atoms with Crippen LogP contribution in [-0.4, -0.2) is 175 Å². The monoisotopic (exact) mass is 1080 g/mol. The highest BCUT2D eigenvalue weighted by atomic mass is 16.4. The minimum Gasteiger partial charge on any atom is -0.508 e. The predicted octanol–water partition coefficient (Wildman–Crippen LogP) is -3.21. The lowest BCUT2D eigenvalue weighted by atomic mass is 10.0. The maximum Gasteiger partial charge on any atom is 0.326 e. The largest absolute Gasteiger partial charge is 0.508 e. The molecule has 0 unspecified atom stereocenters. The second-order valence-electron chi connectivity index (χ2n) is 20.0. The molecule has 0 radical (unpaired) electrons. The molecule has 26 heteroatoms. The summed E-state index contributed by atoms with van der Waals surface area (Å²) in [7, 11) is 0. The number of carbonyl (C=O) groups excluding carboxylic acids is 9. The Balaban J connectivity index is 1.46. The predicted molar refractivity (Wildman–Crippen MR) is 276 cm³/mol. The highest BCUT2D eigenvalue weighted by molar-refractivity contribution is 5.99. The number of aromatic amines is 1. The molecule has 77 heavy (non-hydrogen) atoms. The van der Waals surface area contributed by atoms with Gasteiger partial charge >= 0.3 is 5.97 Å². The Labute approximate surface area is 444 Å². The first kappa shape index (κ1) is 61.9. The van der Waals surface area contributed by atoms with Crippen LogP contribution >= 0.6 is 0 Å². The van der Waals surface area contributed by atoms with Crippen molar-refractivity contribution in [3.63, 3.8) is 0 Å². The molecular weight excluding hydrogens is 1010 g/mol. The number of nitrogens with one attached hydrogen (secondary N) is 8. The number of phenolic OH excluding ortho intramolecular Hbond substituents is 1. The van der Waals surface area contributed by atoms with Gasteiger partial charge in [0.25, 0.3) is 0 Å². The molecule has 2 heterocycles. The van der Waals surface area contributed by atoms with Crippen LogP contribution in [0, 0.1) is 11.8 Å². The van der Waals surface area contributed by atoms with Gasteiger partial charge in [0.15, 0.2) is 0 Å². The Hall–Kier alpha value is -7.68. The first-order valence-corrected chi connectivity index (χ1v) is 25.3. The van der Waals surface area contributed by atoms with Gasteiger partial charge in [0.2, 0.25) is 53.2 Å². The number of likely N-dealkylation sites (tertiary alicyclic amines) is 1. The molecule has 1 fully saturated rings. The van der Waals surface area contributed by atoms with Gasteiger partial charge in [0.05, 0.1) is 31.8 Å². The molecule has 26 nitrogen and oxygen atoms in total. The quantitative estimate of drug-likeness (QED) is 0.0325. The molecule has 422 valence electrons. The standard InChI is InChI=1S/C51H73N11O15/c1-25(2)17-34(44(69)59-38(23-63)47(72)58-37(51(76)77)18-26(3)4)56-46(71)39(24-64)60-48(73)40-11-8-16-62(40)50(75)36(21-41(53)67)57-49(74)42(27(5)65)61-45(70)35(19-28-12-14-30(66)15-13-28)55-43(68)32(52)20-29-22-54-33-10-7-6-9-31(29)33/h6-7,9-10,12-15,22,25-27,32,34-40,42,54,63-66H,8,11,16-21,23-24,52H2,1-5H3,(H2,53,67)(H,55,68)(H,56,71)(H,57,74)(H,58,72)(H,59,69)(H,60,73)(H,61,70)(H,76,77)/t27-,32+,34+,35+,36+,37+,38+,39+,40+,42+/m1/s1.